The number of aryl methyl sites for hydroxylation is 1. The van der Waals surface area contributed by atoms with Gasteiger partial charge < -0.3 is 38.8 Å². The largest absolute Gasteiger partial charge is 0.493 e. The zero-order chi connectivity index (χ0) is 28.5. The first-order valence-electron chi connectivity index (χ1n) is 13.9. The van der Waals surface area contributed by atoms with Gasteiger partial charge in [-0.2, -0.15) is 15.1 Å². The third kappa shape index (κ3) is 4.99. The molecular weight excluding hydrogens is 528 g/mol. The third-order valence-corrected chi connectivity index (χ3v) is 7.87. The second-order valence-corrected chi connectivity index (χ2v) is 10.3. The summed E-state index contributed by atoms with van der Waals surface area (Å²) in [5, 5.41) is 19.2. The van der Waals surface area contributed by atoms with Crippen molar-refractivity contribution >= 4 is 28.6 Å². The van der Waals surface area contributed by atoms with E-state index in [2.05, 4.69) is 15.2 Å². The van der Waals surface area contributed by atoms with Gasteiger partial charge in [0.25, 0.3) is 0 Å². The number of fused-ring (bicyclic) bond motifs is 1. The number of nitrogens with one attached hydrogen (secondary N) is 1. The van der Waals surface area contributed by atoms with Crippen LogP contribution in [0.15, 0.2) is 24.7 Å². The predicted molar refractivity (Wildman–Crippen MR) is 153 cm³/mol. The number of hydrogen-bond acceptors (Lipinski definition) is 11. The van der Waals surface area contributed by atoms with Crippen LogP contribution in [0.25, 0.3) is 16.7 Å². The summed E-state index contributed by atoms with van der Waals surface area (Å²) in [6.45, 7) is 4.28. The van der Waals surface area contributed by atoms with E-state index < -0.39 is 0 Å². The van der Waals surface area contributed by atoms with Gasteiger partial charge in [0, 0.05) is 31.9 Å². The number of aliphatic hydroxyl groups is 1. The summed E-state index contributed by atoms with van der Waals surface area (Å²) in [5.74, 6) is 3.38. The molecule has 2 fully saturated rings. The molecule has 4 aromatic rings. The molecule has 2 saturated heterocycles. The van der Waals surface area contributed by atoms with Crippen LogP contribution in [-0.4, -0.2) is 88.1 Å². The molecule has 0 spiro atoms. The number of benzene rings is 1. The van der Waals surface area contributed by atoms with Gasteiger partial charge in [0.2, 0.25) is 11.7 Å². The van der Waals surface area contributed by atoms with Crippen LogP contribution in [-0.2, 0) is 4.74 Å². The van der Waals surface area contributed by atoms with Crippen LogP contribution in [0, 0.1) is 6.92 Å². The Morgan fingerprint density at radius 3 is 2.49 bits per heavy atom. The minimum Gasteiger partial charge on any atom is -0.493 e. The zero-order valence-electron chi connectivity index (χ0n) is 23.8. The SMILES string of the molecule is COc1cc(-n2cnc(Nc3nc(N4CCCC4CO)c4c(C)nn(C5CCOCC5)c4n3)c2)cc(OC)c1OC. The Kier molecular flexibility index (Phi) is 7.54. The van der Waals surface area contributed by atoms with E-state index in [9.17, 15) is 5.11 Å². The first-order chi connectivity index (χ1) is 20.0. The average Bonchev–Trinajstić information content (AvgIpc) is 3.75. The van der Waals surface area contributed by atoms with Crippen LogP contribution in [0.4, 0.5) is 17.6 Å². The Balaban J connectivity index is 1.39. The predicted octanol–water partition coefficient (Wildman–Crippen LogP) is 3.40. The van der Waals surface area contributed by atoms with Crippen molar-refractivity contribution in [2.24, 2.45) is 0 Å². The molecule has 2 aliphatic heterocycles. The van der Waals surface area contributed by atoms with Crippen LogP contribution in [0.1, 0.15) is 37.4 Å². The molecule has 1 atom stereocenters. The summed E-state index contributed by atoms with van der Waals surface area (Å²) in [7, 11) is 4.74. The Morgan fingerprint density at radius 2 is 1.80 bits per heavy atom. The number of aromatic nitrogens is 6. The lowest BCUT2D eigenvalue weighted by Crippen LogP contribution is -2.33. The summed E-state index contributed by atoms with van der Waals surface area (Å²) in [6, 6.07) is 3.91. The second-order valence-electron chi connectivity index (χ2n) is 10.3. The standard InChI is InChI=1S/C28H36N8O5/c1-17-24-26(35-9-5-6-19(35)15-37)31-28(32-27(24)36(33-17)18-7-10-41-11-8-18)30-23-14-34(16-29-23)20-12-21(38-2)25(40-4)22(13-20)39-3/h12-14,16,18-19,37H,5-11,15H2,1-4H3,(H,30,31,32). The molecule has 41 heavy (non-hydrogen) atoms. The molecule has 0 radical (unpaired) electrons. The van der Waals surface area contributed by atoms with E-state index in [0.29, 0.717) is 42.2 Å². The van der Waals surface area contributed by atoms with Gasteiger partial charge in [-0.3, -0.25) is 0 Å². The molecule has 13 nitrogen and oxygen atoms in total. The highest BCUT2D eigenvalue weighted by Crippen LogP contribution is 2.40. The van der Waals surface area contributed by atoms with E-state index in [0.717, 1.165) is 60.5 Å². The Bertz CT molecular complexity index is 1500. The van der Waals surface area contributed by atoms with Crippen LogP contribution in [0.3, 0.4) is 0 Å². The van der Waals surface area contributed by atoms with Gasteiger partial charge in [0.1, 0.15) is 12.1 Å². The minimum absolute atomic E-state index is 0.00558. The summed E-state index contributed by atoms with van der Waals surface area (Å²) < 4.78 is 26.0. The van der Waals surface area contributed by atoms with Gasteiger partial charge in [-0.1, -0.05) is 0 Å². The molecule has 6 rings (SSSR count). The molecule has 1 aromatic carbocycles. The van der Waals surface area contributed by atoms with Crippen molar-refractivity contribution in [3.8, 4) is 22.9 Å². The quantitative estimate of drug-likeness (QED) is 0.310. The van der Waals surface area contributed by atoms with Gasteiger partial charge in [0.05, 0.1) is 63.0 Å². The minimum atomic E-state index is 0.00558. The van der Waals surface area contributed by atoms with Crippen LogP contribution in [0.5, 0.6) is 17.2 Å². The Hall–Kier alpha value is -4.10. The topological polar surface area (TPSA) is 134 Å². The number of rotatable bonds is 9. The lowest BCUT2D eigenvalue weighted by atomic mass is 10.1. The molecule has 1 unspecified atom stereocenters. The average molecular weight is 565 g/mol. The number of anilines is 3. The maximum absolute atomic E-state index is 10.1. The molecule has 13 heteroatoms. The first-order valence-corrected chi connectivity index (χ1v) is 13.9. The number of ether oxygens (including phenoxy) is 4. The van der Waals surface area contributed by atoms with Crippen LogP contribution < -0.4 is 24.4 Å². The van der Waals surface area contributed by atoms with Gasteiger partial charge in [0.15, 0.2) is 23.0 Å². The lowest BCUT2D eigenvalue weighted by Gasteiger charge is -2.26. The van der Waals surface area contributed by atoms with Crippen molar-refractivity contribution in [3.63, 3.8) is 0 Å². The second kappa shape index (κ2) is 11.4. The smallest absolute Gasteiger partial charge is 0.232 e. The highest BCUT2D eigenvalue weighted by atomic mass is 16.5. The van der Waals surface area contributed by atoms with E-state index >= 15 is 0 Å². The number of methoxy groups -OCH3 is 3. The number of aliphatic hydroxyl groups excluding tert-OH is 1. The highest BCUT2D eigenvalue weighted by molar-refractivity contribution is 5.91. The van der Waals surface area contributed by atoms with Gasteiger partial charge in [-0.05, 0) is 32.6 Å². The monoisotopic (exact) mass is 564 g/mol. The van der Waals surface area contributed by atoms with E-state index in [1.54, 1.807) is 27.7 Å². The van der Waals surface area contributed by atoms with Gasteiger partial charge >= 0.3 is 0 Å². The first kappa shape index (κ1) is 27.1. The van der Waals surface area contributed by atoms with E-state index in [4.69, 9.17) is 34.0 Å². The summed E-state index contributed by atoms with van der Waals surface area (Å²) in [6.07, 6.45) is 7.20. The molecule has 2 aliphatic rings. The molecule has 0 bridgehead atoms. The highest BCUT2D eigenvalue weighted by Gasteiger charge is 2.31. The van der Waals surface area contributed by atoms with Crippen molar-refractivity contribution in [2.45, 2.75) is 44.7 Å². The Labute approximate surface area is 238 Å². The molecule has 3 aromatic heterocycles. The lowest BCUT2D eigenvalue weighted by molar-refractivity contribution is 0.0672. The van der Waals surface area contributed by atoms with E-state index in [1.807, 2.05) is 34.5 Å². The molecule has 0 aliphatic carbocycles. The van der Waals surface area contributed by atoms with E-state index in [-0.39, 0.29) is 18.7 Å². The fraction of sp³-hybridized carbons (Fsp3) is 0.500. The summed E-state index contributed by atoms with van der Waals surface area (Å²) in [5.41, 5.74) is 2.44. The summed E-state index contributed by atoms with van der Waals surface area (Å²) in [4.78, 5) is 16.7. The van der Waals surface area contributed by atoms with Crippen molar-refractivity contribution in [1.82, 2.24) is 29.3 Å². The molecule has 218 valence electrons. The fourth-order valence-corrected chi connectivity index (χ4v) is 5.80. The van der Waals surface area contributed by atoms with Crippen molar-refractivity contribution in [3.05, 3.63) is 30.4 Å². The molecule has 5 heterocycles. The molecular formula is C28H36N8O5. The molecule has 0 amide bonds. The number of nitrogens with zero attached hydrogens (tertiary/aromatic N) is 7. The van der Waals surface area contributed by atoms with Gasteiger partial charge in [-0.25, -0.2) is 9.67 Å². The maximum Gasteiger partial charge on any atom is 0.232 e. The van der Waals surface area contributed by atoms with Crippen LogP contribution in [0.2, 0.25) is 0 Å². The Morgan fingerprint density at radius 1 is 1.05 bits per heavy atom. The fourth-order valence-electron chi connectivity index (χ4n) is 5.80. The van der Waals surface area contributed by atoms with E-state index in [1.165, 1.54) is 0 Å². The molecule has 0 saturated carbocycles. The summed E-state index contributed by atoms with van der Waals surface area (Å²) >= 11 is 0. The van der Waals surface area contributed by atoms with Crippen molar-refractivity contribution in [2.75, 3.05) is 57.9 Å². The van der Waals surface area contributed by atoms with Crippen molar-refractivity contribution in [1.29, 1.82) is 0 Å². The normalized spacial score (nSPS) is 17.8. The van der Waals surface area contributed by atoms with Crippen molar-refractivity contribution < 1.29 is 24.1 Å². The molecule has 2 N–H and O–H groups in total. The van der Waals surface area contributed by atoms with Crippen LogP contribution >= 0.6 is 0 Å². The number of imidazole rings is 1. The zero-order valence-corrected chi connectivity index (χ0v) is 23.8. The third-order valence-electron chi connectivity index (χ3n) is 7.87. The maximum atomic E-state index is 10.1. The van der Waals surface area contributed by atoms with Gasteiger partial charge in [-0.15, -0.1) is 0 Å². The number of hydrogen-bond donors (Lipinski definition) is 2.